The highest BCUT2D eigenvalue weighted by Gasteiger charge is 2.16. The zero-order valence-electron chi connectivity index (χ0n) is 10.3. The molecule has 104 valence electrons. The SMILES string of the molecule is Clc1ccc(NCc2cc3c(cc2Br)OCO3)cc1Cl. The van der Waals surface area contributed by atoms with Gasteiger partial charge in [0.25, 0.3) is 0 Å². The number of halogens is 3. The Kier molecular flexibility index (Phi) is 3.96. The second-order valence-corrected chi connectivity index (χ2v) is 5.95. The second-order valence-electron chi connectivity index (χ2n) is 4.28. The van der Waals surface area contributed by atoms with Crippen molar-refractivity contribution in [2.75, 3.05) is 12.1 Å². The highest BCUT2D eigenvalue weighted by Crippen LogP contribution is 2.37. The lowest BCUT2D eigenvalue weighted by Gasteiger charge is -2.10. The van der Waals surface area contributed by atoms with E-state index in [2.05, 4.69) is 21.2 Å². The number of nitrogens with one attached hydrogen (secondary N) is 1. The molecule has 0 saturated heterocycles. The topological polar surface area (TPSA) is 30.5 Å². The Morgan fingerprint density at radius 1 is 1.05 bits per heavy atom. The average molecular weight is 375 g/mol. The van der Waals surface area contributed by atoms with Crippen LogP contribution in [0.4, 0.5) is 5.69 Å². The summed E-state index contributed by atoms with van der Waals surface area (Å²) in [7, 11) is 0. The molecule has 2 aromatic rings. The minimum absolute atomic E-state index is 0.269. The van der Waals surface area contributed by atoms with E-state index in [1.807, 2.05) is 18.2 Å². The van der Waals surface area contributed by atoms with Gasteiger partial charge in [0.1, 0.15) is 0 Å². The minimum atomic E-state index is 0.269. The lowest BCUT2D eigenvalue weighted by atomic mass is 10.2. The van der Waals surface area contributed by atoms with Gasteiger partial charge in [0, 0.05) is 16.7 Å². The summed E-state index contributed by atoms with van der Waals surface area (Å²) in [6, 6.07) is 9.31. The quantitative estimate of drug-likeness (QED) is 0.810. The molecule has 1 aliphatic rings. The number of benzene rings is 2. The summed E-state index contributed by atoms with van der Waals surface area (Å²) in [6.07, 6.45) is 0. The van der Waals surface area contributed by atoms with Gasteiger partial charge in [-0.15, -0.1) is 0 Å². The minimum Gasteiger partial charge on any atom is -0.454 e. The van der Waals surface area contributed by atoms with E-state index in [1.54, 1.807) is 12.1 Å². The molecule has 1 aliphatic heterocycles. The van der Waals surface area contributed by atoms with Crippen LogP contribution in [0.3, 0.4) is 0 Å². The highest BCUT2D eigenvalue weighted by atomic mass is 79.9. The van der Waals surface area contributed by atoms with Crippen molar-refractivity contribution in [2.45, 2.75) is 6.54 Å². The van der Waals surface area contributed by atoms with Crippen molar-refractivity contribution in [3.8, 4) is 11.5 Å². The van der Waals surface area contributed by atoms with Crippen molar-refractivity contribution in [2.24, 2.45) is 0 Å². The molecule has 0 atom stereocenters. The molecule has 20 heavy (non-hydrogen) atoms. The number of hydrogen-bond donors (Lipinski definition) is 1. The summed E-state index contributed by atoms with van der Waals surface area (Å²) >= 11 is 15.4. The summed E-state index contributed by atoms with van der Waals surface area (Å²) in [6.45, 7) is 0.903. The molecule has 0 aromatic heterocycles. The summed E-state index contributed by atoms with van der Waals surface area (Å²) in [5.41, 5.74) is 1.98. The molecule has 0 saturated carbocycles. The Hall–Kier alpha value is -1.10. The molecule has 3 nitrogen and oxygen atoms in total. The molecular formula is C14H10BrCl2NO2. The molecule has 0 amide bonds. The molecule has 2 aromatic carbocycles. The van der Waals surface area contributed by atoms with Crippen LogP contribution in [-0.2, 0) is 6.54 Å². The van der Waals surface area contributed by atoms with Gasteiger partial charge < -0.3 is 14.8 Å². The molecule has 1 N–H and O–H groups in total. The smallest absolute Gasteiger partial charge is 0.231 e. The molecule has 3 rings (SSSR count). The van der Waals surface area contributed by atoms with Gasteiger partial charge >= 0.3 is 0 Å². The monoisotopic (exact) mass is 373 g/mol. The van der Waals surface area contributed by atoms with Crippen LogP contribution >= 0.6 is 39.1 Å². The number of rotatable bonds is 3. The zero-order valence-corrected chi connectivity index (χ0v) is 13.3. The largest absolute Gasteiger partial charge is 0.454 e. The molecule has 0 spiro atoms. The first-order chi connectivity index (χ1) is 9.63. The van der Waals surface area contributed by atoms with Gasteiger partial charge in [0.05, 0.1) is 10.0 Å². The Morgan fingerprint density at radius 2 is 1.80 bits per heavy atom. The fourth-order valence-electron chi connectivity index (χ4n) is 1.90. The molecular weight excluding hydrogens is 365 g/mol. The molecule has 0 fully saturated rings. The summed E-state index contributed by atoms with van der Waals surface area (Å²) < 4.78 is 11.7. The van der Waals surface area contributed by atoms with Crippen molar-refractivity contribution < 1.29 is 9.47 Å². The van der Waals surface area contributed by atoms with E-state index >= 15 is 0 Å². The second kappa shape index (κ2) is 5.72. The molecule has 0 aliphatic carbocycles. The summed E-state index contributed by atoms with van der Waals surface area (Å²) in [5.74, 6) is 1.52. The van der Waals surface area contributed by atoms with E-state index in [1.165, 1.54) is 0 Å². The van der Waals surface area contributed by atoms with Gasteiger partial charge in [-0.2, -0.15) is 0 Å². The zero-order chi connectivity index (χ0) is 14.1. The van der Waals surface area contributed by atoms with E-state index in [9.17, 15) is 0 Å². The molecule has 0 radical (unpaired) electrons. The van der Waals surface area contributed by atoms with Crippen LogP contribution < -0.4 is 14.8 Å². The maximum absolute atomic E-state index is 5.99. The maximum atomic E-state index is 5.99. The normalized spacial score (nSPS) is 12.6. The Labute approximate surface area is 134 Å². The first kappa shape index (κ1) is 13.9. The fraction of sp³-hybridized carbons (Fsp3) is 0.143. The van der Waals surface area contributed by atoms with Crippen molar-refractivity contribution in [1.82, 2.24) is 0 Å². The molecule has 0 bridgehead atoms. The van der Waals surface area contributed by atoms with E-state index in [4.69, 9.17) is 32.7 Å². The van der Waals surface area contributed by atoms with Crippen LogP contribution in [0.25, 0.3) is 0 Å². The molecule has 6 heteroatoms. The number of ether oxygens (including phenoxy) is 2. The van der Waals surface area contributed by atoms with Gasteiger partial charge in [-0.3, -0.25) is 0 Å². The molecule has 0 unspecified atom stereocenters. The average Bonchev–Trinajstić information content (AvgIpc) is 2.87. The Morgan fingerprint density at radius 3 is 2.55 bits per heavy atom. The highest BCUT2D eigenvalue weighted by molar-refractivity contribution is 9.10. The summed E-state index contributed by atoms with van der Waals surface area (Å²) in [4.78, 5) is 0. The van der Waals surface area contributed by atoms with Crippen LogP contribution in [0, 0.1) is 0 Å². The third-order valence-electron chi connectivity index (χ3n) is 2.94. The first-order valence-electron chi connectivity index (χ1n) is 5.90. The third-order valence-corrected chi connectivity index (χ3v) is 4.42. The van der Waals surface area contributed by atoms with Gasteiger partial charge in [0.15, 0.2) is 11.5 Å². The van der Waals surface area contributed by atoms with Gasteiger partial charge in [-0.05, 0) is 35.9 Å². The van der Waals surface area contributed by atoms with Crippen LogP contribution in [0.1, 0.15) is 5.56 Å². The van der Waals surface area contributed by atoms with Gasteiger partial charge in [-0.1, -0.05) is 39.1 Å². The van der Waals surface area contributed by atoms with Gasteiger partial charge in [0.2, 0.25) is 6.79 Å². The van der Waals surface area contributed by atoms with Crippen LogP contribution in [0.15, 0.2) is 34.8 Å². The predicted molar refractivity (Wildman–Crippen MR) is 84.1 cm³/mol. The van der Waals surface area contributed by atoms with E-state index < -0.39 is 0 Å². The lowest BCUT2D eigenvalue weighted by molar-refractivity contribution is 0.174. The Bertz CT molecular complexity index is 664. The van der Waals surface area contributed by atoms with Crippen LogP contribution in [0.2, 0.25) is 10.0 Å². The van der Waals surface area contributed by atoms with Crippen molar-refractivity contribution in [3.63, 3.8) is 0 Å². The fourth-order valence-corrected chi connectivity index (χ4v) is 2.66. The van der Waals surface area contributed by atoms with E-state index in [0.29, 0.717) is 16.6 Å². The number of anilines is 1. The first-order valence-corrected chi connectivity index (χ1v) is 7.45. The molecule has 1 heterocycles. The standard InChI is InChI=1S/C14H10BrCl2NO2/c15-10-5-14-13(19-7-20-14)3-8(10)6-18-9-1-2-11(16)12(17)4-9/h1-5,18H,6-7H2. The van der Waals surface area contributed by atoms with Crippen molar-refractivity contribution >= 4 is 44.8 Å². The van der Waals surface area contributed by atoms with Crippen molar-refractivity contribution in [1.29, 1.82) is 0 Å². The third kappa shape index (κ3) is 2.82. The number of fused-ring (bicyclic) bond motifs is 1. The lowest BCUT2D eigenvalue weighted by Crippen LogP contribution is -2.00. The predicted octanol–water partition coefficient (Wildman–Crippen LogP) is 5.10. The van der Waals surface area contributed by atoms with Crippen LogP contribution in [0.5, 0.6) is 11.5 Å². The van der Waals surface area contributed by atoms with Crippen molar-refractivity contribution in [3.05, 3.63) is 50.4 Å². The van der Waals surface area contributed by atoms with Crippen LogP contribution in [-0.4, -0.2) is 6.79 Å². The summed E-state index contributed by atoms with van der Waals surface area (Å²) in [5, 5.41) is 4.36. The van der Waals surface area contributed by atoms with E-state index in [0.717, 1.165) is 27.2 Å². The van der Waals surface area contributed by atoms with Gasteiger partial charge in [-0.25, -0.2) is 0 Å². The number of hydrogen-bond acceptors (Lipinski definition) is 3. The maximum Gasteiger partial charge on any atom is 0.231 e. The Balaban J connectivity index is 1.76. The van der Waals surface area contributed by atoms with E-state index in [-0.39, 0.29) is 6.79 Å².